The van der Waals surface area contributed by atoms with E-state index in [1.165, 1.54) is 0 Å². The number of ether oxygens (including phenoxy) is 2. The molecule has 0 aliphatic carbocycles. The van der Waals surface area contributed by atoms with Gasteiger partial charge < -0.3 is 14.8 Å². The molecule has 0 spiro atoms. The molecule has 0 heterocycles. The minimum atomic E-state index is -0.153. The van der Waals surface area contributed by atoms with Crippen molar-refractivity contribution in [2.45, 2.75) is 20.3 Å². The van der Waals surface area contributed by atoms with E-state index in [0.29, 0.717) is 40.4 Å². The summed E-state index contributed by atoms with van der Waals surface area (Å²) in [4.78, 5) is 12.2. The van der Waals surface area contributed by atoms with E-state index in [0.717, 1.165) is 5.56 Å². The SMILES string of the molecule is CCOc1ccc(NC(=O)Cc2ccc(Cl)c(Cl)c2)cc1OCC. The number of rotatable bonds is 7. The van der Waals surface area contributed by atoms with E-state index in [2.05, 4.69) is 5.32 Å². The molecule has 128 valence electrons. The van der Waals surface area contributed by atoms with Crippen LogP contribution in [0, 0.1) is 0 Å². The average molecular weight is 368 g/mol. The van der Waals surface area contributed by atoms with Crippen LogP contribution >= 0.6 is 23.2 Å². The second-order valence-corrected chi connectivity index (χ2v) is 5.82. The molecule has 24 heavy (non-hydrogen) atoms. The fourth-order valence-corrected chi connectivity index (χ4v) is 2.49. The second kappa shape index (κ2) is 8.81. The van der Waals surface area contributed by atoms with E-state index in [1.807, 2.05) is 13.8 Å². The molecule has 0 aliphatic heterocycles. The Kier molecular flexibility index (Phi) is 6.76. The van der Waals surface area contributed by atoms with Gasteiger partial charge in [-0.2, -0.15) is 0 Å². The highest BCUT2D eigenvalue weighted by molar-refractivity contribution is 6.42. The van der Waals surface area contributed by atoms with Gasteiger partial charge >= 0.3 is 0 Å². The van der Waals surface area contributed by atoms with Gasteiger partial charge in [-0.15, -0.1) is 0 Å². The summed E-state index contributed by atoms with van der Waals surface area (Å²) >= 11 is 11.8. The number of nitrogens with one attached hydrogen (secondary N) is 1. The Morgan fingerprint density at radius 3 is 2.33 bits per heavy atom. The molecule has 0 saturated heterocycles. The minimum Gasteiger partial charge on any atom is -0.490 e. The molecule has 0 aromatic heterocycles. The Bertz CT molecular complexity index is 719. The van der Waals surface area contributed by atoms with E-state index in [9.17, 15) is 4.79 Å². The van der Waals surface area contributed by atoms with Crippen molar-refractivity contribution in [3.05, 3.63) is 52.0 Å². The van der Waals surface area contributed by atoms with Crippen molar-refractivity contribution in [3.63, 3.8) is 0 Å². The van der Waals surface area contributed by atoms with Crippen molar-refractivity contribution < 1.29 is 14.3 Å². The highest BCUT2D eigenvalue weighted by Crippen LogP contribution is 2.30. The molecule has 6 heteroatoms. The molecule has 0 fully saturated rings. The van der Waals surface area contributed by atoms with Gasteiger partial charge in [-0.1, -0.05) is 29.3 Å². The van der Waals surface area contributed by atoms with Gasteiger partial charge in [0.1, 0.15) is 0 Å². The Morgan fingerprint density at radius 1 is 0.958 bits per heavy atom. The first-order chi connectivity index (χ1) is 11.5. The summed E-state index contributed by atoms with van der Waals surface area (Å²) in [6, 6.07) is 10.5. The lowest BCUT2D eigenvalue weighted by Gasteiger charge is -2.13. The molecule has 0 atom stereocenters. The second-order valence-electron chi connectivity index (χ2n) is 5.00. The van der Waals surface area contributed by atoms with Gasteiger partial charge in [-0.3, -0.25) is 4.79 Å². The fraction of sp³-hybridized carbons (Fsp3) is 0.278. The average Bonchev–Trinajstić information content (AvgIpc) is 2.54. The maximum atomic E-state index is 12.2. The number of halogens is 2. The van der Waals surface area contributed by atoms with Crippen LogP contribution in [0.15, 0.2) is 36.4 Å². The van der Waals surface area contributed by atoms with Crippen LogP contribution in [0.5, 0.6) is 11.5 Å². The van der Waals surface area contributed by atoms with Crippen LogP contribution in [0.2, 0.25) is 10.0 Å². The lowest BCUT2D eigenvalue weighted by Crippen LogP contribution is -2.14. The third-order valence-electron chi connectivity index (χ3n) is 3.18. The summed E-state index contributed by atoms with van der Waals surface area (Å²) in [6.07, 6.45) is 0.202. The summed E-state index contributed by atoms with van der Waals surface area (Å²) in [5, 5.41) is 3.74. The highest BCUT2D eigenvalue weighted by atomic mass is 35.5. The van der Waals surface area contributed by atoms with Crippen molar-refractivity contribution in [2.75, 3.05) is 18.5 Å². The first-order valence-electron chi connectivity index (χ1n) is 7.67. The first kappa shape index (κ1) is 18.4. The number of carbonyl (C=O) groups is 1. The fourth-order valence-electron chi connectivity index (χ4n) is 2.17. The molecule has 0 saturated carbocycles. The van der Waals surface area contributed by atoms with E-state index < -0.39 is 0 Å². The lowest BCUT2D eigenvalue weighted by atomic mass is 10.1. The van der Waals surface area contributed by atoms with Gasteiger partial charge in [0.25, 0.3) is 0 Å². The molecule has 2 rings (SSSR count). The molecule has 1 N–H and O–H groups in total. The van der Waals surface area contributed by atoms with E-state index >= 15 is 0 Å². The van der Waals surface area contributed by atoms with Gasteiger partial charge in [0, 0.05) is 11.8 Å². The summed E-state index contributed by atoms with van der Waals surface area (Å²) in [5.74, 6) is 1.11. The third kappa shape index (κ3) is 5.05. The number of hydrogen-bond donors (Lipinski definition) is 1. The highest BCUT2D eigenvalue weighted by Gasteiger charge is 2.10. The molecule has 4 nitrogen and oxygen atoms in total. The summed E-state index contributed by atoms with van der Waals surface area (Å²) in [5.41, 5.74) is 1.44. The van der Waals surface area contributed by atoms with Crippen LogP contribution in [-0.2, 0) is 11.2 Å². The van der Waals surface area contributed by atoms with Crippen molar-refractivity contribution in [3.8, 4) is 11.5 Å². The monoisotopic (exact) mass is 367 g/mol. The molecule has 0 radical (unpaired) electrons. The van der Waals surface area contributed by atoms with Crippen LogP contribution in [0.1, 0.15) is 19.4 Å². The Labute approximate surface area is 151 Å². The van der Waals surface area contributed by atoms with Crippen LogP contribution < -0.4 is 14.8 Å². The molecular formula is C18H19Cl2NO3. The van der Waals surface area contributed by atoms with Gasteiger partial charge in [0.05, 0.1) is 29.7 Å². The zero-order chi connectivity index (χ0) is 17.5. The Morgan fingerprint density at radius 2 is 1.67 bits per heavy atom. The maximum Gasteiger partial charge on any atom is 0.228 e. The summed E-state index contributed by atoms with van der Waals surface area (Å²) in [6.45, 7) is 4.86. The van der Waals surface area contributed by atoms with Gasteiger partial charge in [0.15, 0.2) is 11.5 Å². The van der Waals surface area contributed by atoms with Crippen LogP contribution in [0.25, 0.3) is 0 Å². The third-order valence-corrected chi connectivity index (χ3v) is 3.91. The quantitative estimate of drug-likeness (QED) is 0.751. The van der Waals surface area contributed by atoms with E-state index in [4.69, 9.17) is 32.7 Å². The molecular weight excluding hydrogens is 349 g/mol. The molecule has 2 aromatic carbocycles. The molecule has 2 aromatic rings. The lowest BCUT2D eigenvalue weighted by molar-refractivity contribution is -0.115. The van der Waals surface area contributed by atoms with E-state index in [-0.39, 0.29) is 12.3 Å². The zero-order valence-corrected chi connectivity index (χ0v) is 15.1. The standard InChI is InChI=1S/C18H19Cl2NO3/c1-3-23-16-8-6-13(11-17(16)24-4-2)21-18(22)10-12-5-7-14(19)15(20)9-12/h5-9,11H,3-4,10H2,1-2H3,(H,21,22). The van der Waals surface area contributed by atoms with Gasteiger partial charge in [-0.05, 0) is 43.7 Å². The van der Waals surface area contributed by atoms with Gasteiger partial charge in [0.2, 0.25) is 5.91 Å². The van der Waals surface area contributed by atoms with Gasteiger partial charge in [-0.25, -0.2) is 0 Å². The number of amides is 1. The first-order valence-corrected chi connectivity index (χ1v) is 8.42. The molecule has 1 amide bonds. The number of anilines is 1. The Balaban J connectivity index is 2.07. The van der Waals surface area contributed by atoms with Crippen molar-refractivity contribution >= 4 is 34.8 Å². The maximum absolute atomic E-state index is 12.2. The number of hydrogen-bond acceptors (Lipinski definition) is 3. The van der Waals surface area contributed by atoms with Crippen molar-refractivity contribution in [1.29, 1.82) is 0 Å². The van der Waals surface area contributed by atoms with Crippen molar-refractivity contribution in [2.24, 2.45) is 0 Å². The number of carbonyl (C=O) groups excluding carboxylic acids is 1. The smallest absolute Gasteiger partial charge is 0.228 e. The van der Waals surface area contributed by atoms with Crippen LogP contribution in [0.3, 0.4) is 0 Å². The molecule has 0 unspecified atom stereocenters. The molecule has 0 bridgehead atoms. The molecule has 0 aliphatic rings. The summed E-state index contributed by atoms with van der Waals surface area (Å²) < 4.78 is 11.1. The minimum absolute atomic E-state index is 0.153. The summed E-state index contributed by atoms with van der Waals surface area (Å²) in [7, 11) is 0. The predicted molar refractivity (Wildman–Crippen MR) is 97.6 cm³/mol. The number of benzene rings is 2. The largest absolute Gasteiger partial charge is 0.490 e. The topological polar surface area (TPSA) is 47.6 Å². The zero-order valence-electron chi connectivity index (χ0n) is 13.6. The van der Waals surface area contributed by atoms with Crippen LogP contribution in [0.4, 0.5) is 5.69 Å². The van der Waals surface area contributed by atoms with Crippen LogP contribution in [-0.4, -0.2) is 19.1 Å². The predicted octanol–water partition coefficient (Wildman–Crippen LogP) is 4.97. The van der Waals surface area contributed by atoms with Crippen molar-refractivity contribution in [1.82, 2.24) is 0 Å². The normalized spacial score (nSPS) is 10.3. The Hall–Kier alpha value is -1.91. The van der Waals surface area contributed by atoms with E-state index in [1.54, 1.807) is 36.4 Å².